The van der Waals surface area contributed by atoms with Crippen LogP contribution >= 0.6 is 0 Å². The summed E-state index contributed by atoms with van der Waals surface area (Å²) in [5, 5.41) is 2.81. The first-order chi connectivity index (χ1) is 9.86. The minimum absolute atomic E-state index is 0.0365. The molecular weight excluding hydrogens is 272 g/mol. The lowest BCUT2D eigenvalue weighted by Crippen LogP contribution is -2.39. The number of rotatable bonds is 7. The molecule has 1 atom stereocenters. The Morgan fingerprint density at radius 1 is 1.29 bits per heavy atom. The molecule has 116 valence electrons. The van der Waals surface area contributed by atoms with Crippen LogP contribution in [0.4, 0.5) is 0 Å². The van der Waals surface area contributed by atoms with Gasteiger partial charge in [0.1, 0.15) is 0 Å². The van der Waals surface area contributed by atoms with Gasteiger partial charge in [-0.25, -0.2) is 0 Å². The number of ether oxygens (including phenoxy) is 2. The third-order valence-electron chi connectivity index (χ3n) is 3.20. The second-order valence-electron chi connectivity index (χ2n) is 5.09. The molecule has 0 aromatic heterocycles. The van der Waals surface area contributed by atoms with Crippen molar-refractivity contribution >= 4 is 11.8 Å². The number of amides is 2. The molecule has 0 unspecified atom stereocenters. The summed E-state index contributed by atoms with van der Waals surface area (Å²) in [6.07, 6.45) is 0. The van der Waals surface area contributed by atoms with E-state index in [1.54, 1.807) is 12.1 Å². The quantitative estimate of drug-likeness (QED) is 0.794. The lowest BCUT2D eigenvalue weighted by molar-refractivity contribution is -0.124. The number of primary amides is 1. The number of hydrogen-bond acceptors (Lipinski definition) is 4. The number of benzene rings is 1. The Bertz CT molecular complexity index is 514. The average molecular weight is 294 g/mol. The normalized spacial score (nSPS) is 11.9. The van der Waals surface area contributed by atoms with Crippen molar-refractivity contribution in [3.63, 3.8) is 0 Å². The van der Waals surface area contributed by atoms with Crippen molar-refractivity contribution in [1.82, 2.24) is 5.32 Å². The molecule has 0 aliphatic rings. The zero-order chi connectivity index (χ0) is 16.0. The Morgan fingerprint density at radius 2 is 1.95 bits per heavy atom. The molecule has 6 nitrogen and oxygen atoms in total. The second-order valence-corrected chi connectivity index (χ2v) is 5.09. The molecule has 0 spiro atoms. The van der Waals surface area contributed by atoms with Crippen molar-refractivity contribution in [3.8, 4) is 11.5 Å². The number of carbonyl (C=O) groups is 2. The molecule has 0 bridgehead atoms. The number of carbonyl (C=O) groups excluding carboxylic acids is 2. The third-order valence-corrected chi connectivity index (χ3v) is 3.20. The van der Waals surface area contributed by atoms with E-state index >= 15 is 0 Å². The maximum atomic E-state index is 11.8. The van der Waals surface area contributed by atoms with Crippen molar-refractivity contribution in [2.45, 2.75) is 26.8 Å². The van der Waals surface area contributed by atoms with E-state index < -0.39 is 5.91 Å². The van der Waals surface area contributed by atoms with Crippen LogP contribution in [0.2, 0.25) is 0 Å². The fraction of sp³-hybridized carbons (Fsp3) is 0.467. The number of nitrogens with one attached hydrogen (secondary N) is 1. The van der Waals surface area contributed by atoms with Gasteiger partial charge in [-0.1, -0.05) is 19.9 Å². The highest BCUT2D eigenvalue weighted by Gasteiger charge is 2.17. The van der Waals surface area contributed by atoms with Gasteiger partial charge < -0.3 is 20.5 Å². The van der Waals surface area contributed by atoms with E-state index in [2.05, 4.69) is 5.32 Å². The van der Waals surface area contributed by atoms with Gasteiger partial charge in [0.15, 0.2) is 18.1 Å². The van der Waals surface area contributed by atoms with Gasteiger partial charge in [0.2, 0.25) is 0 Å². The molecule has 2 amide bonds. The smallest absolute Gasteiger partial charge is 0.258 e. The van der Waals surface area contributed by atoms with Crippen LogP contribution in [0, 0.1) is 5.92 Å². The molecule has 6 heteroatoms. The molecule has 0 saturated heterocycles. The van der Waals surface area contributed by atoms with Gasteiger partial charge in [0.25, 0.3) is 11.8 Å². The summed E-state index contributed by atoms with van der Waals surface area (Å²) in [5.74, 6) is -0.0466. The molecule has 0 aliphatic carbocycles. The van der Waals surface area contributed by atoms with Crippen LogP contribution in [0.1, 0.15) is 31.1 Å². The first kappa shape index (κ1) is 16.8. The van der Waals surface area contributed by atoms with Gasteiger partial charge in [0.05, 0.1) is 12.7 Å². The Kier molecular flexibility index (Phi) is 6.02. The van der Waals surface area contributed by atoms with Crippen LogP contribution in [0.3, 0.4) is 0 Å². The van der Waals surface area contributed by atoms with Crippen molar-refractivity contribution in [2.75, 3.05) is 13.7 Å². The fourth-order valence-electron chi connectivity index (χ4n) is 1.62. The first-order valence-electron chi connectivity index (χ1n) is 6.75. The van der Waals surface area contributed by atoms with Crippen LogP contribution in [-0.2, 0) is 4.79 Å². The van der Waals surface area contributed by atoms with E-state index in [4.69, 9.17) is 15.2 Å². The van der Waals surface area contributed by atoms with Gasteiger partial charge >= 0.3 is 0 Å². The molecule has 1 aromatic carbocycles. The zero-order valence-electron chi connectivity index (χ0n) is 12.8. The van der Waals surface area contributed by atoms with E-state index in [0.717, 1.165) is 0 Å². The highest BCUT2D eigenvalue weighted by atomic mass is 16.5. The third kappa shape index (κ3) is 4.66. The van der Waals surface area contributed by atoms with Gasteiger partial charge in [-0.05, 0) is 25.0 Å². The van der Waals surface area contributed by atoms with E-state index in [1.807, 2.05) is 20.8 Å². The van der Waals surface area contributed by atoms with Gasteiger partial charge in [-0.15, -0.1) is 0 Å². The van der Waals surface area contributed by atoms with E-state index in [1.165, 1.54) is 13.2 Å². The maximum Gasteiger partial charge on any atom is 0.258 e. The van der Waals surface area contributed by atoms with Crippen molar-refractivity contribution in [3.05, 3.63) is 23.8 Å². The zero-order valence-corrected chi connectivity index (χ0v) is 12.8. The Balaban J connectivity index is 2.79. The minimum atomic E-state index is -0.639. The molecule has 21 heavy (non-hydrogen) atoms. The Morgan fingerprint density at radius 3 is 2.48 bits per heavy atom. The SMILES string of the molecule is COc1cccc(C(N)=O)c1OCC(=O)N[C@H](C)C(C)C. The topological polar surface area (TPSA) is 90.7 Å². The lowest BCUT2D eigenvalue weighted by atomic mass is 10.1. The summed E-state index contributed by atoms with van der Waals surface area (Å²) >= 11 is 0. The molecule has 1 aromatic rings. The maximum absolute atomic E-state index is 11.8. The van der Waals surface area contributed by atoms with Crippen molar-refractivity contribution < 1.29 is 19.1 Å². The summed E-state index contributed by atoms with van der Waals surface area (Å²) in [6.45, 7) is 5.73. The highest BCUT2D eigenvalue weighted by molar-refractivity contribution is 5.96. The molecule has 0 radical (unpaired) electrons. The number of para-hydroxylation sites is 1. The largest absolute Gasteiger partial charge is 0.493 e. The minimum Gasteiger partial charge on any atom is -0.493 e. The molecule has 0 saturated carbocycles. The van der Waals surface area contributed by atoms with Crippen LogP contribution in [0.15, 0.2) is 18.2 Å². The molecular formula is C15H22N2O4. The van der Waals surface area contributed by atoms with E-state index in [0.29, 0.717) is 11.7 Å². The second kappa shape index (κ2) is 7.52. The summed E-state index contributed by atoms with van der Waals surface area (Å²) in [7, 11) is 1.45. The predicted octanol–water partition coefficient (Wildman–Crippen LogP) is 1.33. The van der Waals surface area contributed by atoms with Crippen LogP contribution in [0.25, 0.3) is 0 Å². The average Bonchev–Trinajstić information content (AvgIpc) is 2.44. The molecule has 0 fully saturated rings. The molecule has 1 rings (SSSR count). The highest BCUT2D eigenvalue weighted by Crippen LogP contribution is 2.30. The monoisotopic (exact) mass is 294 g/mol. The summed E-state index contributed by atoms with van der Waals surface area (Å²) in [5.41, 5.74) is 5.47. The summed E-state index contributed by atoms with van der Waals surface area (Å²) in [4.78, 5) is 23.2. The fourth-order valence-corrected chi connectivity index (χ4v) is 1.62. The van der Waals surface area contributed by atoms with E-state index in [-0.39, 0.29) is 29.9 Å². The number of methoxy groups -OCH3 is 1. The van der Waals surface area contributed by atoms with Crippen molar-refractivity contribution in [1.29, 1.82) is 0 Å². The molecule has 0 heterocycles. The number of nitrogens with two attached hydrogens (primary N) is 1. The van der Waals surface area contributed by atoms with Crippen LogP contribution < -0.4 is 20.5 Å². The molecule has 3 N–H and O–H groups in total. The Hall–Kier alpha value is -2.24. The Labute approximate surface area is 124 Å². The summed E-state index contributed by atoms with van der Waals surface area (Å²) in [6, 6.07) is 4.83. The van der Waals surface area contributed by atoms with Gasteiger partial charge in [-0.2, -0.15) is 0 Å². The first-order valence-corrected chi connectivity index (χ1v) is 6.75. The predicted molar refractivity (Wildman–Crippen MR) is 79.4 cm³/mol. The van der Waals surface area contributed by atoms with E-state index in [9.17, 15) is 9.59 Å². The van der Waals surface area contributed by atoms with Crippen LogP contribution in [0.5, 0.6) is 11.5 Å². The molecule has 0 aliphatic heterocycles. The van der Waals surface area contributed by atoms with Gasteiger partial charge in [0, 0.05) is 6.04 Å². The number of hydrogen-bond donors (Lipinski definition) is 2. The lowest BCUT2D eigenvalue weighted by Gasteiger charge is -2.18. The van der Waals surface area contributed by atoms with Crippen molar-refractivity contribution in [2.24, 2.45) is 11.7 Å². The van der Waals surface area contributed by atoms with Gasteiger partial charge in [-0.3, -0.25) is 9.59 Å². The van der Waals surface area contributed by atoms with Crippen LogP contribution in [-0.4, -0.2) is 31.6 Å². The standard InChI is InChI=1S/C15H22N2O4/c1-9(2)10(3)17-13(18)8-21-14-11(15(16)19)6-5-7-12(14)20-4/h5-7,9-10H,8H2,1-4H3,(H2,16,19)(H,17,18)/t10-/m1/s1. The summed E-state index contributed by atoms with van der Waals surface area (Å²) < 4.78 is 10.5.